The van der Waals surface area contributed by atoms with Gasteiger partial charge in [-0.1, -0.05) is 101 Å². The van der Waals surface area contributed by atoms with E-state index in [4.69, 9.17) is 4.74 Å². The Labute approximate surface area is 240 Å². The first-order valence-corrected chi connectivity index (χ1v) is 14.2. The van der Waals surface area contributed by atoms with E-state index >= 15 is 0 Å². The first kappa shape index (κ1) is 29.1. The van der Waals surface area contributed by atoms with Gasteiger partial charge in [0.1, 0.15) is 5.75 Å². The average Bonchev–Trinajstić information content (AvgIpc) is 2.89. The smallest absolute Gasteiger partial charge is 0.314 e. The van der Waals surface area contributed by atoms with Gasteiger partial charge < -0.3 is 9.64 Å². The third-order valence-corrected chi connectivity index (χ3v) is 7.24. The SMILES string of the molecule is Cc1ccc(N(c2ccc(C)cc2)c2cccc(-c3ccc(OC(=O)C(CC(C)(C)C)C(C)(C)C)cc3)c2)cc1. The van der Waals surface area contributed by atoms with Crippen LogP contribution in [0.1, 0.15) is 59.1 Å². The van der Waals surface area contributed by atoms with Crippen molar-refractivity contribution in [1.29, 1.82) is 0 Å². The lowest BCUT2D eigenvalue weighted by molar-refractivity contribution is -0.144. The lowest BCUT2D eigenvalue weighted by Gasteiger charge is -2.33. The van der Waals surface area contributed by atoms with Crippen molar-refractivity contribution < 1.29 is 9.53 Å². The maximum atomic E-state index is 13.2. The number of carbonyl (C=O) groups excluding carboxylic acids is 1. The molecule has 0 radical (unpaired) electrons. The highest BCUT2D eigenvalue weighted by Gasteiger charge is 2.36. The van der Waals surface area contributed by atoms with Gasteiger partial charge in [-0.25, -0.2) is 0 Å². The van der Waals surface area contributed by atoms with Gasteiger partial charge >= 0.3 is 5.97 Å². The Morgan fingerprint density at radius 3 is 1.68 bits per heavy atom. The van der Waals surface area contributed by atoms with Crippen LogP contribution in [0.25, 0.3) is 11.1 Å². The molecule has 0 heterocycles. The fourth-order valence-corrected chi connectivity index (χ4v) is 4.92. The summed E-state index contributed by atoms with van der Waals surface area (Å²) in [5.41, 5.74) is 7.79. The molecule has 1 atom stereocenters. The second kappa shape index (κ2) is 11.7. The Morgan fingerprint density at radius 1 is 0.675 bits per heavy atom. The van der Waals surface area contributed by atoms with Gasteiger partial charge in [-0.05, 0) is 90.8 Å². The fourth-order valence-electron chi connectivity index (χ4n) is 4.92. The van der Waals surface area contributed by atoms with E-state index in [1.54, 1.807) is 0 Å². The number of hydrogen-bond acceptors (Lipinski definition) is 3. The molecule has 4 rings (SSSR count). The van der Waals surface area contributed by atoms with Gasteiger partial charge in [0.25, 0.3) is 0 Å². The van der Waals surface area contributed by atoms with E-state index in [2.05, 4.69) is 133 Å². The summed E-state index contributed by atoms with van der Waals surface area (Å²) in [6.45, 7) is 17.0. The van der Waals surface area contributed by atoms with Crippen molar-refractivity contribution in [3.8, 4) is 16.9 Å². The average molecular weight is 534 g/mol. The van der Waals surface area contributed by atoms with Crippen molar-refractivity contribution in [3.05, 3.63) is 108 Å². The maximum absolute atomic E-state index is 13.2. The number of ether oxygens (including phenoxy) is 1. The molecule has 0 fully saturated rings. The van der Waals surface area contributed by atoms with Crippen LogP contribution in [-0.4, -0.2) is 5.97 Å². The first-order valence-electron chi connectivity index (χ1n) is 14.2. The second-order valence-electron chi connectivity index (χ2n) is 13.2. The van der Waals surface area contributed by atoms with Gasteiger partial charge in [0.05, 0.1) is 5.92 Å². The molecule has 40 heavy (non-hydrogen) atoms. The molecule has 208 valence electrons. The van der Waals surface area contributed by atoms with Gasteiger partial charge in [-0.2, -0.15) is 0 Å². The van der Waals surface area contributed by atoms with E-state index in [0.29, 0.717) is 5.75 Å². The van der Waals surface area contributed by atoms with Crippen LogP contribution in [0, 0.1) is 30.6 Å². The quantitative estimate of drug-likeness (QED) is 0.175. The minimum atomic E-state index is -0.182. The summed E-state index contributed by atoms with van der Waals surface area (Å²) in [5, 5.41) is 0. The first-order chi connectivity index (χ1) is 18.8. The number of nitrogens with zero attached hydrogens (tertiary/aromatic N) is 1. The predicted molar refractivity (Wildman–Crippen MR) is 169 cm³/mol. The monoisotopic (exact) mass is 533 g/mol. The summed E-state index contributed by atoms with van der Waals surface area (Å²) in [4.78, 5) is 15.5. The number of benzene rings is 4. The highest BCUT2D eigenvalue weighted by Crippen LogP contribution is 2.38. The minimum absolute atomic E-state index is 0.0386. The summed E-state index contributed by atoms with van der Waals surface area (Å²) in [6, 6.07) is 33.6. The normalized spacial score (nSPS) is 12.6. The zero-order valence-corrected chi connectivity index (χ0v) is 25.3. The van der Waals surface area contributed by atoms with E-state index < -0.39 is 0 Å². The van der Waals surface area contributed by atoms with E-state index in [1.165, 1.54) is 11.1 Å². The zero-order valence-electron chi connectivity index (χ0n) is 25.3. The molecule has 0 spiro atoms. The lowest BCUT2D eigenvalue weighted by atomic mass is 9.72. The Bertz CT molecular complexity index is 1370. The van der Waals surface area contributed by atoms with E-state index in [1.807, 2.05) is 24.3 Å². The standard InChI is InChI=1S/C37H43NO2/c1-26-12-18-30(19-13-26)38(31-20-14-27(2)15-21-31)32-11-9-10-29(24-32)28-16-22-33(23-17-28)40-35(39)34(37(6,7)8)25-36(3,4)5/h9-24,34H,25H2,1-8H3. The van der Waals surface area contributed by atoms with Crippen LogP contribution in [0.3, 0.4) is 0 Å². The third-order valence-electron chi connectivity index (χ3n) is 7.24. The molecule has 0 saturated carbocycles. The van der Waals surface area contributed by atoms with Gasteiger partial charge in [0.2, 0.25) is 0 Å². The van der Waals surface area contributed by atoms with Crippen LogP contribution in [0.15, 0.2) is 97.1 Å². The zero-order chi connectivity index (χ0) is 29.1. The third kappa shape index (κ3) is 7.41. The van der Waals surface area contributed by atoms with Crippen LogP contribution in [0.5, 0.6) is 5.75 Å². The molecule has 4 aromatic rings. The largest absolute Gasteiger partial charge is 0.426 e. The summed E-state index contributed by atoms with van der Waals surface area (Å²) < 4.78 is 5.89. The maximum Gasteiger partial charge on any atom is 0.314 e. The van der Waals surface area contributed by atoms with Crippen LogP contribution >= 0.6 is 0 Å². The minimum Gasteiger partial charge on any atom is -0.426 e. The summed E-state index contributed by atoms with van der Waals surface area (Å²) in [5.74, 6) is 0.233. The fraction of sp³-hybridized carbons (Fsp3) is 0.324. The highest BCUT2D eigenvalue weighted by molar-refractivity contribution is 5.80. The molecule has 3 heteroatoms. The topological polar surface area (TPSA) is 29.5 Å². The van der Waals surface area contributed by atoms with Crippen LogP contribution < -0.4 is 9.64 Å². The van der Waals surface area contributed by atoms with E-state index in [-0.39, 0.29) is 22.7 Å². The number of rotatable bonds is 7. The van der Waals surface area contributed by atoms with Crippen molar-refractivity contribution in [3.63, 3.8) is 0 Å². The molecule has 0 saturated heterocycles. The Balaban J connectivity index is 1.60. The summed E-state index contributed by atoms with van der Waals surface area (Å²) in [7, 11) is 0. The van der Waals surface area contributed by atoms with Crippen molar-refractivity contribution in [2.75, 3.05) is 4.90 Å². The molecule has 0 aliphatic heterocycles. The molecule has 0 bridgehead atoms. The number of anilines is 3. The lowest BCUT2D eigenvalue weighted by Crippen LogP contribution is -2.35. The number of aryl methyl sites for hydroxylation is 2. The Kier molecular flexibility index (Phi) is 8.54. The molecule has 3 nitrogen and oxygen atoms in total. The number of hydrogen-bond donors (Lipinski definition) is 0. The Hall–Kier alpha value is -3.85. The Morgan fingerprint density at radius 2 is 1.20 bits per heavy atom. The molecular weight excluding hydrogens is 490 g/mol. The van der Waals surface area contributed by atoms with Gasteiger partial charge in [0, 0.05) is 17.1 Å². The van der Waals surface area contributed by atoms with Crippen molar-refractivity contribution in [1.82, 2.24) is 0 Å². The van der Waals surface area contributed by atoms with Gasteiger partial charge in [0.15, 0.2) is 0 Å². The molecule has 0 aliphatic carbocycles. The van der Waals surface area contributed by atoms with Crippen molar-refractivity contribution in [2.45, 2.75) is 61.8 Å². The van der Waals surface area contributed by atoms with E-state index in [9.17, 15) is 4.79 Å². The molecule has 0 N–H and O–H groups in total. The number of carbonyl (C=O) groups is 1. The molecule has 0 amide bonds. The number of esters is 1. The molecule has 4 aromatic carbocycles. The molecule has 0 aliphatic rings. The van der Waals surface area contributed by atoms with Gasteiger partial charge in [-0.3, -0.25) is 4.79 Å². The van der Waals surface area contributed by atoms with Crippen molar-refractivity contribution in [2.24, 2.45) is 16.7 Å². The van der Waals surface area contributed by atoms with Crippen LogP contribution in [0.2, 0.25) is 0 Å². The molecule has 1 unspecified atom stereocenters. The van der Waals surface area contributed by atoms with Crippen LogP contribution in [0.4, 0.5) is 17.1 Å². The van der Waals surface area contributed by atoms with E-state index in [0.717, 1.165) is 34.6 Å². The second-order valence-corrected chi connectivity index (χ2v) is 13.2. The van der Waals surface area contributed by atoms with Crippen molar-refractivity contribution >= 4 is 23.0 Å². The predicted octanol–water partition coefficient (Wildman–Crippen LogP) is 10.4. The van der Waals surface area contributed by atoms with Gasteiger partial charge in [-0.15, -0.1) is 0 Å². The summed E-state index contributed by atoms with van der Waals surface area (Å²) in [6.07, 6.45) is 0.776. The van der Waals surface area contributed by atoms with Crippen LogP contribution in [-0.2, 0) is 4.79 Å². The molecular formula is C37H43NO2. The molecule has 0 aromatic heterocycles. The summed E-state index contributed by atoms with van der Waals surface area (Å²) >= 11 is 0. The highest BCUT2D eigenvalue weighted by atomic mass is 16.5.